The maximum absolute atomic E-state index is 12.0. The van der Waals surface area contributed by atoms with Crippen LogP contribution in [0.3, 0.4) is 0 Å². The Morgan fingerprint density at radius 1 is 1.22 bits per heavy atom. The van der Waals surface area contributed by atoms with E-state index in [0.29, 0.717) is 12.1 Å². The van der Waals surface area contributed by atoms with Crippen molar-refractivity contribution in [3.8, 4) is 0 Å². The van der Waals surface area contributed by atoms with Crippen molar-refractivity contribution in [1.82, 2.24) is 15.6 Å². The molecule has 0 saturated carbocycles. The number of nitrogens with zero attached hydrogens (tertiary/aromatic N) is 1. The van der Waals surface area contributed by atoms with Gasteiger partial charge in [0.2, 0.25) is 11.8 Å². The van der Waals surface area contributed by atoms with Crippen molar-refractivity contribution < 1.29 is 9.59 Å². The van der Waals surface area contributed by atoms with Crippen LogP contribution < -0.4 is 16.0 Å². The van der Waals surface area contributed by atoms with Gasteiger partial charge in [-0.3, -0.25) is 14.6 Å². The number of aromatic nitrogens is 1. The number of para-hydroxylation sites is 1. The van der Waals surface area contributed by atoms with Crippen molar-refractivity contribution >= 4 is 28.4 Å². The van der Waals surface area contributed by atoms with Crippen molar-refractivity contribution in [2.24, 2.45) is 0 Å². The molecule has 6 nitrogen and oxygen atoms in total. The van der Waals surface area contributed by atoms with Gasteiger partial charge in [0.15, 0.2) is 0 Å². The fourth-order valence-electron chi connectivity index (χ4n) is 2.81. The molecule has 0 radical (unpaired) electrons. The molecule has 120 valence electrons. The Hall–Kier alpha value is -2.47. The summed E-state index contributed by atoms with van der Waals surface area (Å²) in [6, 6.07) is 9.63. The summed E-state index contributed by atoms with van der Waals surface area (Å²) in [5.41, 5.74) is 1.39. The number of rotatable bonds is 5. The molecule has 1 aromatic carbocycles. The zero-order valence-corrected chi connectivity index (χ0v) is 12.8. The number of amides is 2. The molecule has 0 spiro atoms. The maximum Gasteiger partial charge on any atom is 0.243 e. The summed E-state index contributed by atoms with van der Waals surface area (Å²) in [7, 11) is 0. The average Bonchev–Trinajstić information content (AvgIpc) is 3.06. The first-order valence-corrected chi connectivity index (χ1v) is 7.86. The molecule has 2 amide bonds. The van der Waals surface area contributed by atoms with E-state index in [4.69, 9.17) is 0 Å². The van der Waals surface area contributed by atoms with Crippen LogP contribution in [0.1, 0.15) is 19.3 Å². The van der Waals surface area contributed by atoms with E-state index in [-0.39, 0.29) is 24.4 Å². The Balaban J connectivity index is 1.53. The highest BCUT2D eigenvalue weighted by molar-refractivity contribution is 6.01. The highest BCUT2D eigenvalue weighted by atomic mass is 16.2. The van der Waals surface area contributed by atoms with Crippen LogP contribution in [0, 0.1) is 0 Å². The number of hydrogen-bond donors (Lipinski definition) is 3. The molecule has 3 rings (SSSR count). The van der Waals surface area contributed by atoms with Gasteiger partial charge in [0.1, 0.15) is 0 Å². The van der Waals surface area contributed by atoms with E-state index in [1.54, 1.807) is 12.3 Å². The zero-order chi connectivity index (χ0) is 16.1. The lowest BCUT2D eigenvalue weighted by molar-refractivity contribution is -0.124. The van der Waals surface area contributed by atoms with Crippen molar-refractivity contribution in [3.05, 3.63) is 36.5 Å². The van der Waals surface area contributed by atoms with Gasteiger partial charge in [-0.05, 0) is 31.5 Å². The quantitative estimate of drug-likeness (QED) is 0.780. The molecule has 1 saturated heterocycles. The number of anilines is 1. The van der Waals surface area contributed by atoms with Gasteiger partial charge in [0.25, 0.3) is 0 Å². The minimum atomic E-state index is -0.254. The predicted octanol–water partition coefficient (Wildman–Crippen LogP) is 1.43. The van der Waals surface area contributed by atoms with Crippen molar-refractivity contribution in [2.75, 3.05) is 18.4 Å². The number of carbonyl (C=O) groups excluding carboxylic acids is 2. The van der Waals surface area contributed by atoms with E-state index >= 15 is 0 Å². The third-order valence-electron chi connectivity index (χ3n) is 3.95. The third kappa shape index (κ3) is 4.04. The lowest BCUT2D eigenvalue weighted by Gasteiger charge is -2.11. The third-order valence-corrected chi connectivity index (χ3v) is 3.95. The fraction of sp³-hybridized carbons (Fsp3) is 0.353. The minimum Gasteiger partial charge on any atom is -0.347 e. The molecular weight excluding hydrogens is 292 g/mol. The van der Waals surface area contributed by atoms with E-state index in [0.717, 1.165) is 30.3 Å². The molecule has 1 atom stereocenters. The van der Waals surface area contributed by atoms with Crippen LogP contribution in [0.4, 0.5) is 5.69 Å². The molecule has 2 heterocycles. The maximum atomic E-state index is 12.0. The first-order valence-electron chi connectivity index (χ1n) is 7.86. The van der Waals surface area contributed by atoms with Gasteiger partial charge in [0.05, 0.1) is 17.7 Å². The van der Waals surface area contributed by atoms with E-state index in [2.05, 4.69) is 20.9 Å². The molecule has 0 bridgehead atoms. The largest absolute Gasteiger partial charge is 0.347 e. The number of pyridine rings is 1. The molecule has 23 heavy (non-hydrogen) atoms. The standard InChI is InChI=1S/C17H20N4O2/c22-15(10-13-6-3-8-18-13)20-11-16(23)21-14-7-1-4-12-5-2-9-19-17(12)14/h1-2,4-5,7,9,13,18H,3,6,8,10-11H2,(H,20,22)(H,21,23). The normalized spacial score (nSPS) is 17.1. The van der Waals surface area contributed by atoms with Crippen LogP contribution in [0.5, 0.6) is 0 Å². The lowest BCUT2D eigenvalue weighted by atomic mass is 10.1. The number of fused-ring (bicyclic) bond motifs is 1. The van der Waals surface area contributed by atoms with Crippen molar-refractivity contribution in [3.63, 3.8) is 0 Å². The molecule has 1 aliphatic rings. The fourth-order valence-corrected chi connectivity index (χ4v) is 2.81. The van der Waals surface area contributed by atoms with Gasteiger partial charge in [0, 0.05) is 24.0 Å². The topological polar surface area (TPSA) is 83.1 Å². The number of hydrogen-bond acceptors (Lipinski definition) is 4. The molecular formula is C17H20N4O2. The minimum absolute atomic E-state index is 0.0330. The molecule has 1 aliphatic heterocycles. The highest BCUT2D eigenvalue weighted by Crippen LogP contribution is 2.20. The summed E-state index contributed by atoms with van der Waals surface area (Å²) in [6.07, 6.45) is 4.23. The van der Waals surface area contributed by atoms with Crippen LogP contribution in [-0.2, 0) is 9.59 Å². The van der Waals surface area contributed by atoms with E-state index < -0.39 is 0 Å². The number of nitrogens with one attached hydrogen (secondary N) is 3. The molecule has 1 aromatic heterocycles. The zero-order valence-electron chi connectivity index (χ0n) is 12.8. The van der Waals surface area contributed by atoms with Crippen LogP contribution in [0.25, 0.3) is 10.9 Å². The van der Waals surface area contributed by atoms with Crippen molar-refractivity contribution in [2.45, 2.75) is 25.3 Å². The SMILES string of the molecule is O=C(CC1CCCN1)NCC(=O)Nc1cccc2cccnc12. The van der Waals surface area contributed by atoms with Crippen LogP contribution in [0.15, 0.2) is 36.5 Å². The van der Waals surface area contributed by atoms with Gasteiger partial charge in [-0.2, -0.15) is 0 Å². The summed E-state index contributed by atoms with van der Waals surface area (Å²) < 4.78 is 0. The van der Waals surface area contributed by atoms with E-state index in [1.165, 1.54) is 0 Å². The summed E-state index contributed by atoms with van der Waals surface area (Å²) in [4.78, 5) is 28.1. The first-order chi connectivity index (χ1) is 11.2. The van der Waals surface area contributed by atoms with Gasteiger partial charge < -0.3 is 16.0 Å². The molecule has 3 N–H and O–H groups in total. The Bertz CT molecular complexity index is 705. The second-order valence-corrected chi connectivity index (χ2v) is 5.70. The lowest BCUT2D eigenvalue weighted by Crippen LogP contribution is -2.36. The first kappa shape index (κ1) is 15.4. The molecule has 0 aliphatic carbocycles. The molecule has 1 unspecified atom stereocenters. The average molecular weight is 312 g/mol. The molecule has 2 aromatic rings. The predicted molar refractivity (Wildman–Crippen MR) is 89.0 cm³/mol. The van der Waals surface area contributed by atoms with Crippen LogP contribution >= 0.6 is 0 Å². The summed E-state index contributed by atoms with van der Waals surface area (Å²) in [5.74, 6) is -0.355. The van der Waals surface area contributed by atoms with Gasteiger partial charge in [-0.1, -0.05) is 18.2 Å². The van der Waals surface area contributed by atoms with E-state index in [9.17, 15) is 9.59 Å². The van der Waals surface area contributed by atoms with Crippen molar-refractivity contribution in [1.29, 1.82) is 0 Å². The number of benzene rings is 1. The number of carbonyl (C=O) groups is 2. The summed E-state index contributed by atoms with van der Waals surface area (Å²) in [6.45, 7) is 0.932. The molecule has 1 fully saturated rings. The Kier molecular flexibility index (Phi) is 4.83. The molecule has 6 heteroatoms. The van der Waals surface area contributed by atoms with Gasteiger partial charge >= 0.3 is 0 Å². The Labute approximate surface area is 134 Å². The Morgan fingerprint density at radius 2 is 2.09 bits per heavy atom. The second kappa shape index (κ2) is 7.19. The summed E-state index contributed by atoms with van der Waals surface area (Å²) in [5, 5.41) is 9.69. The van der Waals surface area contributed by atoms with Gasteiger partial charge in [-0.25, -0.2) is 0 Å². The smallest absolute Gasteiger partial charge is 0.243 e. The Morgan fingerprint density at radius 3 is 2.91 bits per heavy atom. The van der Waals surface area contributed by atoms with Gasteiger partial charge in [-0.15, -0.1) is 0 Å². The summed E-state index contributed by atoms with van der Waals surface area (Å²) >= 11 is 0. The second-order valence-electron chi connectivity index (χ2n) is 5.70. The highest BCUT2D eigenvalue weighted by Gasteiger charge is 2.18. The van der Waals surface area contributed by atoms with E-state index in [1.807, 2.05) is 24.3 Å². The van der Waals surface area contributed by atoms with Crippen LogP contribution in [0.2, 0.25) is 0 Å². The monoisotopic (exact) mass is 312 g/mol. The van der Waals surface area contributed by atoms with Crippen LogP contribution in [-0.4, -0.2) is 35.9 Å².